The van der Waals surface area contributed by atoms with Crippen molar-refractivity contribution in [3.05, 3.63) is 72.9 Å². The fourth-order valence-corrected chi connectivity index (χ4v) is 6.21. The monoisotopic (exact) mass is 811 g/mol. The maximum absolute atomic E-state index is 12.8. The van der Waals surface area contributed by atoms with Gasteiger partial charge in [-0.15, -0.1) is 0 Å². The van der Waals surface area contributed by atoms with Crippen LogP contribution in [0, 0.1) is 0 Å². The summed E-state index contributed by atoms with van der Waals surface area (Å²) in [5.41, 5.74) is 0. The molecule has 2 atom stereocenters. The second kappa shape index (κ2) is 42.9. The Kier molecular flexibility index (Phi) is 40.1. The number of amides is 2. The molecule has 9 heteroatoms. The first-order chi connectivity index (χ1) is 28.3. The van der Waals surface area contributed by atoms with E-state index in [9.17, 15) is 19.2 Å². The fourth-order valence-electron chi connectivity index (χ4n) is 6.21. The van der Waals surface area contributed by atoms with Crippen LogP contribution in [0.3, 0.4) is 0 Å². The highest BCUT2D eigenvalue weighted by Gasteiger charge is 2.19. The first-order valence-corrected chi connectivity index (χ1v) is 22.8. The first-order valence-electron chi connectivity index (χ1n) is 22.8. The number of ether oxygens (including phenoxy) is 1. The molecule has 0 spiro atoms. The molecule has 0 saturated heterocycles. The summed E-state index contributed by atoms with van der Waals surface area (Å²) in [6.45, 7) is 3.33. The number of esters is 1. The molecule has 0 aromatic carbocycles. The Morgan fingerprint density at radius 3 is 1.55 bits per heavy atom. The number of carboxylic acids is 1. The molecule has 0 aromatic heterocycles. The number of carbonyl (C=O) groups is 4. The Morgan fingerprint density at radius 2 is 1.00 bits per heavy atom. The number of aliphatic hydroxyl groups is 1. The standard InChI is InChI=1S/C49H82N2O7/c1-3-5-7-9-11-13-15-16-17-18-19-20-21-22-24-26-28-33-37-41-48(55)58-44(38-34-30-27-25-23-14-12-10-8-6-4-2)39-35-31-29-32-36-40-46(53)50-42-47(54)51-45(43-52)49(56)57/h5,7,11-14,16-17,19-20,25,27,44-45,52H,3-4,6,8-10,15,18,21-24,26,28-43H2,1-2H3,(H,50,53)(H,51,54)(H,56,57)/b7-5-,13-11-,14-12-,17-16-,20-19-,27-25-. The van der Waals surface area contributed by atoms with Gasteiger partial charge in [0.25, 0.3) is 0 Å². The van der Waals surface area contributed by atoms with Gasteiger partial charge in [0, 0.05) is 12.8 Å². The Bertz CT molecular complexity index is 1200. The lowest BCUT2D eigenvalue weighted by Crippen LogP contribution is -2.47. The van der Waals surface area contributed by atoms with E-state index in [1.165, 1.54) is 38.5 Å². The summed E-state index contributed by atoms with van der Waals surface area (Å²) < 4.78 is 6.00. The number of allylic oxidation sites excluding steroid dienone is 12. The van der Waals surface area contributed by atoms with Gasteiger partial charge in [-0.2, -0.15) is 0 Å². The lowest BCUT2D eigenvalue weighted by Gasteiger charge is -2.18. The SMILES string of the molecule is CC/C=C\C/C=C\C/C=C\C/C=C\CCCCCCCCC(=O)OC(CCC/C=C\C/C=C\CCCCC)CCCCCCCC(=O)NCC(=O)NC(CO)C(=O)O. The van der Waals surface area contributed by atoms with Crippen LogP contribution < -0.4 is 10.6 Å². The molecule has 330 valence electrons. The number of unbranched alkanes of at least 4 members (excludes halogenated alkanes) is 14. The van der Waals surface area contributed by atoms with E-state index in [0.717, 1.165) is 116 Å². The van der Waals surface area contributed by atoms with Crippen molar-refractivity contribution >= 4 is 23.8 Å². The molecule has 0 aliphatic carbocycles. The Balaban J connectivity index is 4.36. The molecule has 0 rings (SSSR count). The van der Waals surface area contributed by atoms with Crippen LogP contribution in [0.1, 0.15) is 187 Å². The number of carboxylic acid groups (broad SMARTS) is 1. The quantitative estimate of drug-likeness (QED) is 0.0274. The van der Waals surface area contributed by atoms with Crippen LogP contribution in [-0.4, -0.2) is 59.3 Å². The van der Waals surface area contributed by atoms with Crippen molar-refractivity contribution in [3.8, 4) is 0 Å². The van der Waals surface area contributed by atoms with Crippen LogP contribution in [0.15, 0.2) is 72.9 Å². The van der Waals surface area contributed by atoms with Gasteiger partial charge in [-0.1, -0.05) is 145 Å². The molecule has 0 radical (unpaired) electrons. The summed E-state index contributed by atoms with van der Waals surface area (Å²) in [4.78, 5) is 47.6. The number of hydrogen-bond acceptors (Lipinski definition) is 6. The minimum absolute atomic E-state index is 0.0683. The minimum atomic E-state index is -1.39. The van der Waals surface area contributed by atoms with Crippen molar-refractivity contribution in [2.75, 3.05) is 13.2 Å². The van der Waals surface area contributed by atoms with Gasteiger partial charge < -0.3 is 25.6 Å². The molecule has 0 fully saturated rings. The molecule has 9 nitrogen and oxygen atoms in total. The summed E-state index contributed by atoms with van der Waals surface area (Å²) in [6, 6.07) is -1.39. The van der Waals surface area contributed by atoms with E-state index >= 15 is 0 Å². The van der Waals surface area contributed by atoms with Crippen LogP contribution in [0.4, 0.5) is 0 Å². The number of rotatable bonds is 40. The predicted octanol–water partition coefficient (Wildman–Crippen LogP) is 11.5. The van der Waals surface area contributed by atoms with Crippen molar-refractivity contribution in [2.45, 2.75) is 199 Å². The van der Waals surface area contributed by atoms with E-state index in [1.54, 1.807) is 0 Å². The second-order valence-corrected chi connectivity index (χ2v) is 15.1. The van der Waals surface area contributed by atoms with E-state index in [-0.39, 0.29) is 30.9 Å². The third-order valence-electron chi connectivity index (χ3n) is 9.69. The third-order valence-corrected chi connectivity index (χ3v) is 9.69. The van der Waals surface area contributed by atoms with Gasteiger partial charge in [-0.3, -0.25) is 14.4 Å². The molecule has 0 saturated carbocycles. The highest BCUT2D eigenvalue weighted by atomic mass is 16.5. The van der Waals surface area contributed by atoms with Gasteiger partial charge in [0.1, 0.15) is 12.1 Å². The Morgan fingerprint density at radius 1 is 0.534 bits per heavy atom. The molecule has 0 aliphatic rings. The molecule has 0 aromatic rings. The number of aliphatic carboxylic acids is 1. The van der Waals surface area contributed by atoms with Crippen LogP contribution >= 0.6 is 0 Å². The summed E-state index contributed by atoms with van der Waals surface area (Å²) in [6.07, 6.45) is 53.6. The minimum Gasteiger partial charge on any atom is -0.480 e. The average molecular weight is 811 g/mol. The molecule has 2 unspecified atom stereocenters. The van der Waals surface area contributed by atoms with Crippen molar-refractivity contribution in [3.63, 3.8) is 0 Å². The van der Waals surface area contributed by atoms with Crippen molar-refractivity contribution in [2.24, 2.45) is 0 Å². The zero-order valence-electron chi connectivity index (χ0n) is 36.5. The highest BCUT2D eigenvalue weighted by molar-refractivity contribution is 5.87. The van der Waals surface area contributed by atoms with Crippen LogP contribution in [0.25, 0.3) is 0 Å². The lowest BCUT2D eigenvalue weighted by atomic mass is 10.0. The number of carbonyl (C=O) groups excluding carboxylic acids is 3. The van der Waals surface area contributed by atoms with E-state index in [2.05, 4.69) is 97.4 Å². The zero-order valence-corrected chi connectivity index (χ0v) is 36.5. The molecule has 0 aliphatic heterocycles. The molecule has 2 amide bonds. The van der Waals surface area contributed by atoms with Crippen molar-refractivity contribution in [1.82, 2.24) is 10.6 Å². The van der Waals surface area contributed by atoms with E-state index < -0.39 is 24.5 Å². The van der Waals surface area contributed by atoms with Gasteiger partial charge in [-0.05, 0) is 103 Å². The molecule has 58 heavy (non-hydrogen) atoms. The molecular weight excluding hydrogens is 729 g/mol. The number of nitrogens with one attached hydrogen (secondary N) is 2. The summed E-state index contributed by atoms with van der Waals surface area (Å²) in [7, 11) is 0. The van der Waals surface area contributed by atoms with Crippen LogP contribution in [-0.2, 0) is 23.9 Å². The largest absolute Gasteiger partial charge is 0.480 e. The van der Waals surface area contributed by atoms with Crippen LogP contribution in [0.5, 0.6) is 0 Å². The van der Waals surface area contributed by atoms with Gasteiger partial charge in [0.2, 0.25) is 11.8 Å². The normalized spacial score (nSPS) is 13.2. The lowest BCUT2D eigenvalue weighted by molar-refractivity contribution is -0.150. The second-order valence-electron chi connectivity index (χ2n) is 15.1. The Labute approximate surface area is 353 Å². The predicted molar refractivity (Wildman–Crippen MR) is 240 cm³/mol. The van der Waals surface area contributed by atoms with E-state index in [1.807, 2.05) is 0 Å². The topological polar surface area (TPSA) is 142 Å². The van der Waals surface area contributed by atoms with Gasteiger partial charge >= 0.3 is 11.9 Å². The van der Waals surface area contributed by atoms with Crippen LogP contribution in [0.2, 0.25) is 0 Å². The molecular formula is C49H82N2O7. The zero-order chi connectivity index (χ0) is 42.6. The van der Waals surface area contributed by atoms with Crippen molar-refractivity contribution in [1.29, 1.82) is 0 Å². The van der Waals surface area contributed by atoms with E-state index in [4.69, 9.17) is 14.9 Å². The molecule has 4 N–H and O–H groups in total. The first kappa shape index (κ1) is 54.3. The maximum Gasteiger partial charge on any atom is 0.328 e. The van der Waals surface area contributed by atoms with Gasteiger partial charge in [0.05, 0.1) is 13.2 Å². The van der Waals surface area contributed by atoms with E-state index in [0.29, 0.717) is 12.8 Å². The van der Waals surface area contributed by atoms with Crippen molar-refractivity contribution < 1.29 is 34.1 Å². The van der Waals surface area contributed by atoms with Gasteiger partial charge in [-0.25, -0.2) is 4.79 Å². The summed E-state index contributed by atoms with van der Waals surface area (Å²) in [5, 5.41) is 22.6. The fraction of sp³-hybridized carbons (Fsp3) is 0.673. The summed E-state index contributed by atoms with van der Waals surface area (Å²) in [5.74, 6) is -2.35. The molecule has 0 heterocycles. The Hall–Kier alpha value is -3.72. The third kappa shape index (κ3) is 39.1. The molecule has 0 bridgehead atoms. The number of aliphatic hydroxyl groups excluding tert-OH is 1. The summed E-state index contributed by atoms with van der Waals surface area (Å²) >= 11 is 0. The van der Waals surface area contributed by atoms with Gasteiger partial charge in [0.15, 0.2) is 0 Å². The highest BCUT2D eigenvalue weighted by Crippen LogP contribution is 2.18. The number of hydrogen-bond donors (Lipinski definition) is 4. The maximum atomic E-state index is 12.8. The smallest absolute Gasteiger partial charge is 0.328 e. The average Bonchev–Trinajstić information content (AvgIpc) is 3.21.